The fraction of sp³-hybridized carbons (Fsp3) is 0.286. The van der Waals surface area contributed by atoms with Crippen LogP contribution in [0.4, 0.5) is 0 Å². The molecular weight excluding hydrogens is 260 g/mol. The lowest BCUT2D eigenvalue weighted by Gasteiger charge is -2.15. The van der Waals surface area contributed by atoms with Crippen LogP contribution in [0.15, 0.2) is 35.8 Å². The molecule has 1 saturated heterocycles. The summed E-state index contributed by atoms with van der Waals surface area (Å²) < 4.78 is 5.56. The van der Waals surface area contributed by atoms with Crippen LogP contribution >= 0.6 is 11.3 Å². The molecule has 5 heteroatoms. The SMILES string of the molecule is O=C(c1ccc(Oc2nccs2)cc1)N1CCCC1. The van der Waals surface area contributed by atoms with Gasteiger partial charge in [0.15, 0.2) is 0 Å². The van der Waals surface area contributed by atoms with Crippen LogP contribution in [0.1, 0.15) is 23.2 Å². The van der Waals surface area contributed by atoms with E-state index in [9.17, 15) is 4.79 Å². The fourth-order valence-corrected chi connectivity index (χ4v) is 2.63. The number of likely N-dealkylation sites (tertiary alicyclic amines) is 1. The molecule has 98 valence electrons. The molecular formula is C14H14N2O2S. The molecule has 0 saturated carbocycles. The number of nitrogens with zero attached hydrogens (tertiary/aromatic N) is 2. The minimum Gasteiger partial charge on any atom is -0.431 e. The maximum absolute atomic E-state index is 12.2. The van der Waals surface area contributed by atoms with E-state index in [0.29, 0.717) is 16.5 Å². The monoisotopic (exact) mass is 274 g/mol. The van der Waals surface area contributed by atoms with Gasteiger partial charge in [0, 0.05) is 30.2 Å². The van der Waals surface area contributed by atoms with Crippen molar-refractivity contribution in [3.05, 3.63) is 41.4 Å². The van der Waals surface area contributed by atoms with Gasteiger partial charge in [-0.05, 0) is 37.1 Å². The van der Waals surface area contributed by atoms with Crippen molar-refractivity contribution >= 4 is 17.2 Å². The van der Waals surface area contributed by atoms with Crippen molar-refractivity contribution in [1.29, 1.82) is 0 Å². The van der Waals surface area contributed by atoms with Crippen LogP contribution in [0.2, 0.25) is 0 Å². The van der Waals surface area contributed by atoms with Gasteiger partial charge in [0.05, 0.1) is 0 Å². The Balaban J connectivity index is 1.69. The third-order valence-electron chi connectivity index (χ3n) is 3.11. The Morgan fingerprint density at radius 1 is 1.21 bits per heavy atom. The molecule has 1 aromatic heterocycles. The van der Waals surface area contributed by atoms with Crippen molar-refractivity contribution in [2.75, 3.05) is 13.1 Å². The molecule has 1 aliphatic heterocycles. The molecule has 0 aliphatic carbocycles. The molecule has 0 radical (unpaired) electrons. The van der Waals surface area contributed by atoms with E-state index < -0.39 is 0 Å². The van der Waals surface area contributed by atoms with Crippen LogP contribution in [0.5, 0.6) is 10.9 Å². The van der Waals surface area contributed by atoms with Gasteiger partial charge in [-0.3, -0.25) is 4.79 Å². The minimum atomic E-state index is 0.110. The predicted molar refractivity (Wildman–Crippen MR) is 73.8 cm³/mol. The summed E-state index contributed by atoms with van der Waals surface area (Å²) in [6, 6.07) is 7.24. The van der Waals surface area contributed by atoms with E-state index >= 15 is 0 Å². The van der Waals surface area contributed by atoms with E-state index in [1.165, 1.54) is 11.3 Å². The summed E-state index contributed by atoms with van der Waals surface area (Å²) in [6.45, 7) is 1.74. The third-order valence-corrected chi connectivity index (χ3v) is 3.76. The molecule has 1 aromatic carbocycles. The van der Waals surface area contributed by atoms with Crippen LogP contribution < -0.4 is 4.74 Å². The van der Waals surface area contributed by atoms with Crippen molar-refractivity contribution < 1.29 is 9.53 Å². The van der Waals surface area contributed by atoms with Gasteiger partial charge < -0.3 is 9.64 Å². The molecule has 0 unspecified atom stereocenters. The van der Waals surface area contributed by atoms with Crippen molar-refractivity contribution in [1.82, 2.24) is 9.88 Å². The Hall–Kier alpha value is -1.88. The number of thiazole rings is 1. The van der Waals surface area contributed by atoms with Crippen LogP contribution in [-0.4, -0.2) is 28.9 Å². The van der Waals surface area contributed by atoms with Gasteiger partial charge in [0.2, 0.25) is 0 Å². The van der Waals surface area contributed by atoms with Gasteiger partial charge in [0.25, 0.3) is 11.1 Å². The molecule has 1 aliphatic rings. The van der Waals surface area contributed by atoms with Gasteiger partial charge in [0.1, 0.15) is 5.75 Å². The number of ether oxygens (including phenoxy) is 1. The highest BCUT2D eigenvalue weighted by Crippen LogP contribution is 2.24. The second kappa shape index (κ2) is 5.40. The first-order valence-corrected chi connectivity index (χ1v) is 7.17. The second-order valence-corrected chi connectivity index (χ2v) is 5.28. The van der Waals surface area contributed by atoms with Gasteiger partial charge in [-0.25, -0.2) is 4.98 Å². The van der Waals surface area contributed by atoms with Crippen LogP contribution in [-0.2, 0) is 0 Å². The number of carbonyl (C=O) groups excluding carboxylic acids is 1. The second-order valence-electron chi connectivity index (χ2n) is 4.42. The van der Waals surface area contributed by atoms with Crippen molar-refractivity contribution in [3.63, 3.8) is 0 Å². The van der Waals surface area contributed by atoms with Crippen molar-refractivity contribution in [2.24, 2.45) is 0 Å². The molecule has 4 nitrogen and oxygen atoms in total. The minimum absolute atomic E-state index is 0.110. The van der Waals surface area contributed by atoms with E-state index in [1.807, 2.05) is 34.5 Å². The Bertz CT molecular complexity index is 545. The zero-order valence-corrected chi connectivity index (χ0v) is 11.2. The summed E-state index contributed by atoms with van der Waals surface area (Å²) in [4.78, 5) is 18.1. The normalized spacial score (nSPS) is 14.6. The molecule has 1 amide bonds. The summed E-state index contributed by atoms with van der Waals surface area (Å²) in [5.74, 6) is 0.811. The zero-order chi connectivity index (χ0) is 13.1. The fourth-order valence-electron chi connectivity index (χ4n) is 2.13. The number of hydrogen-bond acceptors (Lipinski definition) is 4. The molecule has 0 bridgehead atoms. The van der Waals surface area contributed by atoms with Crippen LogP contribution in [0, 0.1) is 0 Å². The largest absolute Gasteiger partial charge is 0.431 e. The lowest BCUT2D eigenvalue weighted by Crippen LogP contribution is -2.27. The highest BCUT2D eigenvalue weighted by molar-refractivity contribution is 7.11. The number of amides is 1. The highest BCUT2D eigenvalue weighted by atomic mass is 32.1. The van der Waals surface area contributed by atoms with E-state index in [4.69, 9.17) is 4.74 Å². The molecule has 2 aromatic rings. The van der Waals surface area contributed by atoms with Crippen LogP contribution in [0.3, 0.4) is 0 Å². The first-order chi connectivity index (χ1) is 9.33. The molecule has 0 atom stereocenters. The molecule has 3 rings (SSSR count). The maximum Gasteiger partial charge on any atom is 0.278 e. The van der Waals surface area contributed by atoms with E-state index in [0.717, 1.165) is 25.9 Å². The number of carbonyl (C=O) groups is 1. The third kappa shape index (κ3) is 2.76. The van der Waals surface area contributed by atoms with Gasteiger partial charge >= 0.3 is 0 Å². The average Bonchev–Trinajstić information content (AvgIpc) is 3.12. The average molecular weight is 274 g/mol. The predicted octanol–water partition coefficient (Wildman–Crippen LogP) is 3.17. The highest BCUT2D eigenvalue weighted by Gasteiger charge is 2.19. The maximum atomic E-state index is 12.2. The summed E-state index contributed by atoms with van der Waals surface area (Å²) in [7, 11) is 0. The molecule has 19 heavy (non-hydrogen) atoms. The van der Waals surface area contributed by atoms with Gasteiger partial charge in [-0.2, -0.15) is 0 Å². The first-order valence-electron chi connectivity index (χ1n) is 6.29. The van der Waals surface area contributed by atoms with E-state index in [-0.39, 0.29) is 5.91 Å². The molecule has 1 fully saturated rings. The quantitative estimate of drug-likeness (QED) is 0.863. The summed E-state index contributed by atoms with van der Waals surface area (Å²) in [5.41, 5.74) is 0.716. The molecule has 0 N–H and O–H groups in total. The zero-order valence-electron chi connectivity index (χ0n) is 10.4. The molecule has 0 spiro atoms. The Morgan fingerprint density at radius 2 is 1.95 bits per heavy atom. The number of benzene rings is 1. The van der Waals surface area contributed by atoms with Crippen LogP contribution in [0.25, 0.3) is 0 Å². The summed E-state index contributed by atoms with van der Waals surface area (Å²) >= 11 is 1.44. The summed E-state index contributed by atoms with van der Waals surface area (Å²) in [6.07, 6.45) is 3.92. The first kappa shape index (κ1) is 12.2. The Morgan fingerprint density at radius 3 is 2.58 bits per heavy atom. The smallest absolute Gasteiger partial charge is 0.278 e. The van der Waals surface area contributed by atoms with Gasteiger partial charge in [-0.15, -0.1) is 0 Å². The summed E-state index contributed by atoms with van der Waals surface area (Å²) in [5, 5.41) is 2.47. The Labute approximate surface area is 115 Å². The lowest BCUT2D eigenvalue weighted by molar-refractivity contribution is 0.0793. The topological polar surface area (TPSA) is 42.4 Å². The van der Waals surface area contributed by atoms with Gasteiger partial charge in [-0.1, -0.05) is 11.3 Å². The van der Waals surface area contributed by atoms with Crippen molar-refractivity contribution in [2.45, 2.75) is 12.8 Å². The molecule has 2 heterocycles. The van der Waals surface area contributed by atoms with Crippen molar-refractivity contribution in [3.8, 4) is 10.9 Å². The van der Waals surface area contributed by atoms with E-state index in [2.05, 4.69) is 4.98 Å². The number of rotatable bonds is 3. The standard InChI is InChI=1S/C14H14N2O2S/c17-13(16-8-1-2-9-16)11-3-5-12(6-4-11)18-14-15-7-10-19-14/h3-7,10H,1-2,8-9H2. The Kier molecular flexibility index (Phi) is 3.46. The van der Waals surface area contributed by atoms with E-state index in [1.54, 1.807) is 6.20 Å². The number of hydrogen-bond donors (Lipinski definition) is 0. The number of aromatic nitrogens is 1. The lowest BCUT2D eigenvalue weighted by atomic mass is 10.2.